The summed E-state index contributed by atoms with van der Waals surface area (Å²) in [5.74, 6) is -61.6. The maximum Gasteiger partial charge on any atom is 0.460 e. The van der Waals surface area contributed by atoms with Crippen LogP contribution in [0.4, 0.5) is 80.3 Å². The number of halogens is 17. The van der Waals surface area contributed by atoms with Crippen LogP contribution in [0.1, 0.15) is 11.1 Å². The van der Waals surface area contributed by atoms with Gasteiger partial charge in [-0.2, -0.15) is 74.6 Å². The van der Waals surface area contributed by atoms with Crippen LogP contribution in [0.5, 0.6) is 0 Å². The van der Waals surface area contributed by atoms with Crippen molar-refractivity contribution in [1.29, 1.82) is 0 Å². The number of carbonyl (C=O) groups excluding carboxylic acids is 1. The fraction of sp³-hybridized carbons (Fsp3) is 0.588. The lowest BCUT2D eigenvalue weighted by molar-refractivity contribution is -0.459. The van der Waals surface area contributed by atoms with E-state index in [0.29, 0.717) is 11.6 Å². The first-order chi connectivity index (χ1) is 15.6. The number of aryl methyl sites for hydroxylation is 2. The van der Waals surface area contributed by atoms with Crippen molar-refractivity contribution in [1.82, 2.24) is 0 Å². The van der Waals surface area contributed by atoms with Crippen LogP contribution in [-0.4, -0.2) is 53.5 Å². The van der Waals surface area contributed by atoms with Gasteiger partial charge in [-0.25, -0.2) is 0 Å². The Labute approximate surface area is 188 Å². The number of nitrogens with one attached hydrogen (secondary N) is 1. The summed E-state index contributed by atoms with van der Waals surface area (Å²) in [6.07, 6.45) is -7.83. The predicted molar refractivity (Wildman–Crippen MR) is 85.2 cm³/mol. The van der Waals surface area contributed by atoms with Crippen LogP contribution in [-0.2, 0) is 4.79 Å². The minimum Gasteiger partial charge on any atom is -0.320 e. The van der Waals surface area contributed by atoms with Crippen molar-refractivity contribution in [3.63, 3.8) is 0 Å². The maximum atomic E-state index is 13.9. The zero-order chi connectivity index (χ0) is 29.1. The largest absolute Gasteiger partial charge is 0.460 e. The Hall–Kier alpha value is -2.50. The summed E-state index contributed by atoms with van der Waals surface area (Å²) in [6.45, 7) is 2.40. The number of benzene rings is 1. The highest BCUT2D eigenvalue weighted by Crippen LogP contribution is 2.64. The van der Waals surface area contributed by atoms with Crippen molar-refractivity contribution in [2.75, 3.05) is 5.32 Å². The molecule has 1 N–H and O–H groups in total. The molecule has 0 aliphatic carbocycles. The summed E-state index contributed by atoms with van der Waals surface area (Å²) < 4.78 is 225. The van der Waals surface area contributed by atoms with Crippen molar-refractivity contribution in [3.8, 4) is 0 Å². The summed E-state index contributed by atoms with van der Waals surface area (Å²) in [5, 5.41) is 0.869. The summed E-state index contributed by atoms with van der Waals surface area (Å²) in [4.78, 5) is 11.5. The lowest BCUT2D eigenvalue weighted by Crippen LogP contribution is -2.75. The van der Waals surface area contributed by atoms with Gasteiger partial charge in [0, 0.05) is 5.69 Å². The van der Waals surface area contributed by atoms with Crippen LogP contribution in [0, 0.1) is 13.8 Å². The second-order valence-corrected chi connectivity index (χ2v) is 7.29. The zero-order valence-electron chi connectivity index (χ0n) is 17.1. The molecule has 208 valence electrons. The lowest BCUT2D eigenvalue weighted by Gasteiger charge is -2.42. The van der Waals surface area contributed by atoms with Gasteiger partial charge in [0.05, 0.1) is 0 Å². The van der Waals surface area contributed by atoms with Crippen LogP contribution < -0.4 is 5.32 Å². The highest BCUT2D eigenvalue weighted by Gasteiger charge is 2.95. The molecule has 2 nitrogen and oxygen atoms in total. The van der Waals surface area contributed by atoms with Crippen molar-refractivity contribution < 1.29 is 79.4 Å². The number of anilines is 1. The third kappa shape index (κ3) is 4.20. The number of hydrogen-bond donors (Lipinski definition) is 1. The van der Waals surface area contributed by atoms with Crippen LogP contribution in [0.2, 0.25) is 0 Å². The quantitative estimate of drug-likeness (QED) is 0.330. The van der Waals surface area contributed by atoms with E-state index in [4.69, 9.17) is 0 Å². The summed E-state index contributed by atoms with van der Waals surface area (Å²) in [5.41, 5.74) is -0.703. The highest BCUT2D eigenvalue weighted by atomic mass is 19.4. The first-order valence-corrected chi connectivity index (χ1v) is 8.65. The summed E-state index contributed by atoms with van der Waals surface area (Å²) in [7, 11) is 0. The first-order valence-electron chi connectivity index (χ1n) is 8.65. The Morgan fingerprint density at radius 1 is 0.583 bits per heavy atom. The average Bonchev–Trinajstić information content (AvgIpc) is 2.68. The molecule has 0 heterocycles. The third-order valence-corrected chi connectivity index (χ3v) is 4.64. The average molecular weight is 567 g/mol. The summed E-state index contributed by atoms with van der Waals surface area (Å²) >= 11 is 0. The molecule has 0 unspecified atom stereocenters. The van der Waals surface area contributed by atoms with Gasteiger partial charge in [-0.1, -0.05) is 17.7 Å². The Bertz CT molecular complexity index is 995. The number of carbonyl (C=O) groups is 1. The standard InChI is InChI=1S/C17H10F17NO/c1-6-3-4-8(7(2)5-6)35-9(36)10(18,19)11(20,21)12(22,23)13(24,25)14(26,27)15(28,29)16(30,31)17(32,33)34/h3-5H,1-2H3,(H,35,36). The molecule has 1 rings (SSSR count). The van der Waals surface area contributed by atoms with E-state index in [9.17, 15) is 79.4 Å². The minimum absolute atomic E-state index is 0.222. The molecular formula is C17H10F17NO. The third-order valence-electron chi connectivity index (χ3n) is 4.64. The Balaban J connectivity index is 3.59. The van der Waals surface area contributed by atoms with Gasteiger partial charge in [0.15, 0.2) is 0 Å². The van der Waals surface area contributed by atoms with E-state index in [1.807, 2.05) is 0 Å². The molecule has 19 heteroatoms. The monoisotopic (exact) mass is 567 g/mol. The predicted octanol–water partition coefficient (Wildman–Crippen LogP) is 7.25. The second-order valence-electron chi connectivity index (χ2n) is 7.29. The molecule has 0 bridgehead atoms. The van der Waals surface area contributed by atoms with Gasteiger partial charge in [-0.3, -0.25) is 4.79 Å². The molecule has 0 saturated heterocycles. The fourth-order valence-electron chi connectivity index (χ4n) is 2.46. The molecule has 0 spiro atoms. The molecule has 36 heavy (non-hydrogen) atoms. The van der Waals surface area contributed by atoms with Gasteiger partial charge in [0.2, 0.25) is 0 Å². The summed E-state index contributed by atoms with van der Waals surface area (Å²) in [6, 6.07) is 2.81. The van der Waals surface area contributed by atoms with E-state index in [0.717, 1.165) is 24.4 Å². The molecule has 1 aromatic rings. The first kappa shape index (κ1) is 31.5. The van der Waals surface area contributed by atoms with E-state index in [1.165, 1.54) is 6.92 Å². The topological polar surface area (TPSA) is 29.1 Å². The molecule has 0 aromatic heterocycles. The minimum atomic E-state index is -8.74. The van der Waals surface area contributed by atoms with Gasteiger partial charge in [-0.15, -0.1) is 0 Å². The van der Waals surface area contributed by atoms with Crippen LogP contribution >= 0.6 is 0 Å². The molecule has 1 amide bonds. The van der Waals surface area contributed by atoms with Gasteiger partial charge < -0.3 is 5.32 Å². The van der Waals surface area contributed by atoms with Crippen molar-refractivity contribution >= 4 is 11.6 Å². The van der Waals surface area contributed by atoms with Gasteiger partial charge in [-0.05, 0) is 25.5 Å². The van der Waals surface area contributed by atoms with Crippen molar-refractivity contribution in [2.45, 2.75) is 61.5 Å². The maximum absolute atomic E-state index is 13.9. The molecule has 0 radical (unpaired) electrons. The molecule has 0 fully saturated rings. The van der Waals surface area contributed by atoms with Crippen LogP contribution in [0.15, 0.2) is 18.2 Å². The van der Waals surface area contributed by atoms with E-state index >= 15 is 0 Å². The van der Waals surface area contributed by atoms with Gasteiger partial charge in [0.1, 0.15) is 0 Å². The van der Waals surface area contributed by atoms with E-state index in [1.54, 1.807) is 0 Å². The molecule has 0 atom stereocenters. The number of alkyl halides is 17. The number of rotatable bonds is 8. The Kier molecular flexibility index (Phi) is 7.47. The smallest absolute Gasteiger partial charge is 0.320 e. The number of hydrogen-bond acceptors (Lipinski definition) is 1. The van der Waals surface area contributed by atoms with Crippen molar-refractivity contribution in [3.05, 3.63) is 29.3 Å². The molecule has 1 aromatic carbocycles. The molecule has 0 saturated carbocycles. The van der Waals surface area contributed by atoms with Gasteiger partial charge >= 0.3 is 53.5 Å². The molecule has 0 aliphatic heterocycles. The van der Waals surface area contributed by atoms with Crippen LogP contribution in [0.3, 0.4) is 0 Å². The van der Waals surface area contributed by atoms with Gasteiger partial charge in [0.25, 0.3) is 0 Å². The lowest BCUT2D eigenvalue weighted by atomic mass is 9.88. The van der Waals surface area contributed by atoms with E-state index < -0.39 is 59.2 Å². The van der Waals surface area contributed by atoms with Crippen LogP contribution in [0.25, 0.3) is 0 Å². The molecule has 0 aliphatic rings. The SMILES string of the molecule is Cc1ccc(NC(=O)C(F)(F)C(F)(F)C(F)(F)C(F)(F)C(F)(F)C(F)(F)C(F)(F)C(F)(F)F)c(C)c1. The zero-order valence-corrected chi connectivity index (χ0v) is 17.1. The highest BCUT2D eigenvalue weighted by molar-refractivity contribution is 5.97. The number of amides is 1. The second kappa shape index (κ2) is 8.53. The normalized spacial score (nSPS) is 15.2. The van der Waals surface area contributed by atoms with E-state index in [2.05, 4.69) is 0 Å². The Morgan fingerprint density at radius 2 is 0.944 bits per heavy atom. The van der Waals surface area contributed by atoms with E-state index in [-0.39, 0.29) is 5.56 Å². The fourth-order valence-corrected chi connectivity index (χ4v) is 2.46. The van der Waals surface area contributed by atoms with Crippen molar-refractivity contribution in [2.24, 2.45) is 0 Å². The molecular weight excluding hydrogens is 557 g/mol. The Morgan fingerprint density at radius 3 is 1.31 bits per heavy atom.